The molecule has 3 heterocycles. The molecular formula is C32H39F2N5O. The maximum absolute atomic E-state index is 14.0. The van der Waals surface area contributed by atoms with Crippen LogP contribution in [-0.2, 0) is 11.2 Å². The smallest absolute Gasteiger partial charge is 0.227 e. The lowest BCUT2D eigenvalue weighted by Gasteiger charge is -2.48. The summed E-state index contributed by atoms with van der Waals surface area (Å²) in [4.78, 5) is 29.4. The Morgan fingerprint density at radius 1 is 0.925 bits per heavy atom. The largest absolute Gasteiger partial charge is 0.368 e. The number of aromatic nitrogens is 2. The highest BCUT2D eigenvalue weighted by Crippen LogP contribution is 2.40. The second kappa shape index (κ2) is 11.8. The second-order valence-electron chi connectivity index (χ2n) is 12.1. The second-order valence-corrected chi connectivity index (χ2v) is 12.1. The predicted octanol–water partition coefficient (Wildman–Crippen LogP) is 5.17. The zero-order valence-corrected chi connectivity index (χ0v) is 23.3. The Morgan fingerprint density at radius 3 is 2.50 bits per heavy atom. The summed E-state index contributed by atoms with van der Waals surface area (Å²) >= 11 is 0. The van der Waals surface area contributed by atoms with Crippen molar-refractivity contribution in [2.24, 2.45) is 23.7 Å². The molecule has 2 aromatic carbocycles. The van der Waals surface area contributed by atoms with Crippen molar-refractivity contribution in [3.63, 3.8) is 0 Å². The van der Waals surface area contributed by atoms with E-state index in [9.17, 15) is 13.6 Å². The van der Waals surface area contributed by atoms with Crippen molar-refractivity contribution in [2.75, 3.05) is 50.7 Å². The van der Waals surface area contributed by atoms with Gasteiger partial charge in [-0.25, -0.2) is 8.78 Å². The summed E-state index contributed by atoms with van der Waals surface area (Å²) in [6, 6.07) is 10.4. The van der Waals surface area contributed by atoms with Gasteiger partial charge in [-0.05, 0) is 66.8 Å². The van der Waals surface area contributed by atoms with Crippen molar-refractivity contribution in [1.29, 1.82) is 0 Å². The number of carbonyl (C=O) groups is 1. The molecule has 1 amide bonds. The third kappa shape index (κ3) is 5.82. The van der Waals surface area contributed by atoms with E-state index in [0.29, 0.717) is 49.6 Å². The zero-order chi connectivity index (χ0) is 27.6. The van der Waals surface area contributed by atoms with Gasteiger partial charge in [0, 0.05) is 70.0 Å². The average molecular weight is 548 g/mol. The molecule has 1 aliphatic carbocycles. The molecule has 3 aliphatic rings. The molecule has 3 aromatic rings. The third-order valence-corrected chi connectivity index (χ3v) is 9.30. The van der Waals surface area contributed by atoms with Gasteiger partial charge in [-0.2, -0.15) is 0 Å². The van der Waals surface area contributed by atoms with Crippen LogP contribution in [0.5, 0.6) is 0 Å². The number of anilines is 1. The van der Waals surface area contributed by atoms with E-state index in [1.807, 2.05) is 9.80 Å². The van der Waals surface area contributed by atoms with E-state index in [4.69, 9.17) is 0 Å². The molecule has 2 saturated heterocycles. The lowest BCUT2D eigenvalue weighted by atomic mass is 9.69. The van der Waals surface area contributed by atoms with Gasteiger partial charge < -0.3 is 14.7 Å². The van der Waals surface area contributed by atoms with Crippen LogP contribution in [0.3, 0.4) is 0 Å². The molecule has 4 atom stereocenters. The molecule has 1 saturated carbocycles. The summed E-state index contributed by atoms with van der Waals surface area (Å²) in [5, 5.41) is 0. The van der Waals surface area contributed by atoms with Crippen molar-refractivity contribution in [1.82, 2.24) is 19.8 Å². The van der Waals surface area contributed by atoms with Gasteiger partial charge in [0.1, 0.15) is 0 Å². The molecule has 40 heavy (non-hydrogen) atoms. The normalized spacial score (nSPS) is 24.6. The minimum atomic E-state index is -0.831. The lowest BCUT2D eigenvalue weighted by Crippen LogP contribution is -2.57. The molecule has 3 fully saturated rings. The number of rotatable bonds is 6. The number of piperazine rings is 1. The number of nitrogens with zero attached hydrogens (tertiary/aromatic N) is 5. The van der Waals surface area contributed by atoms with Gasteiger partial charge in [-0.1, -0.05) is 25.8 Å². The summed E-state index contributed by atoms with van der Waals surface area (Å²) in [6.07, 6.45) is 9.28. The van der Waals surface area contributed by atoms with Crippen LogP contribution in [0.2, 0.25) is 0 Å². The molecule has 2 aliphatic heterocycles. The van der Waals surface area contributed by atoms with Crippen LogP contribution in [0.1, 0.15) is 38.2 Å². The standard InChI is InChI=1S/C32H39F2N5O/c1-22(16-23-6-9-30-31(17-23)36-11-10-35-30)19-37-20-24-4-2-3-5-26(24)27(21-37)32(40)39-14-12-38(13-15-39)25-7-8-28(33)29(34)18-25/h6-11,17-18,22,24,26-27H,2-5,12-16,19-21H2,1H3/t22?,24-,26-,27+/m0/s1. The van der Waals surface area contributed by atoms with Gasteiger partial charge in [0.05, 0.1) is 17.0 Å². The SMILES string of the molecule is CC(Cc1ccc2nccnc2c1)CN1C[C@@H]2CCCC[C@@H]2[C@H](C(=O)N2CCN(c3ccc(F)c(F)c3)CC2)C1. The first-order valence-corrected chi connectivity index (χ1v) is 14.9. The highest BCUT2D eigenvalue weighted by atomic mass is 19.2. The van der Waals surface area contributed by atoms with Crippen molar-refractivity contribution >= 4 is 22.6 Å². The highest BCUT2D eigenvalue weighted by Gasteiger charge is 2.43. The van der Waals surface area contributed by atoms with Crippen molar-refractivity contribution in [2.45, 2.75) is 39.0 Å². The van der Waals surface area contributed by atoms with Gasteiger partial charge in [0.15, 0.2) is 11.6 Å². The molecule has 1 aromatic heterocycles. The summed E-state index contributed by atoms with van der Waals surface area (Å²) in [5.41, 5.74) is 3.81. The molecule has 212 valence electrons. The van der Waals surface area contributed by atoms with Gasteiger partial charge in [0.25, 0.3) is 0 Å². The third-order valence-electron chi connectivity index (χ3n) is 9.30. The molecule has 0 spiro atoms. The zero-order valence-electron chi connectivity index (χ0n) is 23.3. The number of likely N-dealkylation sites (tertiary alicyclic amines) is 1. The van der Waals surface area contributed by atoms with E-state index in [2.05, 4.69) is 40.0 Å². The Labute approximate surface area is 235 Å². The van der Waals surface area contributed by atoms with Crippen LogP contribution in [0, 0.1) is 35.3 Å². The maximum Gasteiger partial charge on any atom is 0.227 e. The Hall–Kier alpha value is -3.13. The molecule has 0 bridgehead atoms. The minimum absolute atomic E-state index is 0.0389. The summed E-state index contributed by atoms with van der Waals surface area (Å²) in [6.45, 7) is 7.71. The van der Waals surface area contributed by atoms with Crippen LogP contribution < -0.4 is 4.90 Å². The number of benzene rings is 2. The van der Waals surface area contributed by atoms with Gasteiger partial charge >= 0.3 is 0 Å². The van der Waals surface area contributed by atoms with Crippen LogP contribution in [0.4, 0.5) is 14.5 Å². The highest BCUT2D eigenvalue weighted by molar-refractivity contribution is 5.80. The number of hydrogen-bond acceptors (Lipinski definition) is 5. The summed E-state index contributed by atoms with van der Waals surface area (Å²) in [7, 11) is 0. The first-order chi connectivity index (χ1) is 19.4. The quantitative estimate of drug-likeness (QED) is 0.426. The number of hydrogen-bond donors (Lipinski definition) is 0. The van der Waals surface area contributed by atoms with E-state index in [0.717, 1.165) is 43.5 Å². The predicted molar refractivity (Wildman–Crippen MR) is 153 cm³/mol. The molecule has 6 rings (SSSR count). The number of carbonyl (C=O) groups excluding carboxylic acids is 1. The number of piperidine rings is 1. The first-order valence-electron chi connectivity index (χ1n) is 14.9. The van der Waals surface area contributed by atoms with Crippen molar-refractivity contribution in [3.05, 3.63) is 66.0 Å². The van der Waals surface area contributed by atoms with Crippen LogP contribution in [0.15, 0.2) is 48.8 Å². The Bertz CT molecular complexity index is 1340. The lowest BCUT2D eigenvalue weighted by molar-refractivity contribution is -0.142. The minimum Gasteiger partial charge on any atom is -0.368 e. The van der Waals surface area contributed by atoms with Gasteiger partial charge in [0.2, 0.25) is 5.91 Å². The van der Waals surface area contributed by atoms with Crippen LogP contribution in [0.25, 0.3) is 11.0 Å². The first kappa shape index (κ1) is 27.1. The van der Waals surface area contributed by atoms with E-state index in [1.54, 1.807) is 18.5 Å². The molecule has 0 radical (unpaired) electrons. The fourth-order valence-electron chi connectivity index (χ4n) is 7.37. The average Bonchev–Trinajstić information content (AvgIpc) is 2.98. The Kier molecular flexibility index (Phi) is 7.96. The van der Waals surface area contributed by atoms with E-state index in [1.165, 1.54) is 37.0 Å². The topological polar surface area (TPSA) is 52.6 Å². The van der Waals surface area contributed by atoms with E-state index < -0.39 is 11.6 Å². The van der Waals surface area contributed by atoms with Crippen LogP contribution in [-0.4, -0.2) is 71.5 Å². The number of fused-ring (bicyclic) bond motifs is 2. The molecule has 1 unspecified atom stereocenters. The van der Waals surface area contributed by atoms with Gasteiger partial charge in [-0.3, -0.25) is 14.8 Å². The maximum atomic E-state index is 14.0. The molecule has 0 N–H and O–H groups in total. The van der Waals surface area contributed by atoms with E-state index in [-0.39, 0.29) is 11.8 Å². The fourth-order valence-corrected chi connectivity index (χ4v) is 7.37. The number of amides is 1. The van der Waals surface area contributed by atoms with Crippen molar-refractivity contribution in [3.8, 4) is 0 Å². The van der Waals surface area contributed by atoms with Crippen LogP contribution >= 0.6 is 0 Å². The van der Waals surface area contributed by atoms with Crippen molar-refractivity contribution < 1.29 is 13.6 Å². The summed E-state index contributed by atoms with van der Waals surface area (Å²) in [5.74, 6) is 0.181. The fraction of sp³-hybridized carbons (Fsp3) is 0.531. The Morgan fingerprint density at radius 2 is 1.70 bits per heavy atom. The summed E-state index contributed by atoms with van der Waals surface area (Å²) < 4.78 is 27.2. The van der Waals surface area contributed by atoms with E-state index >= 15 is 0 Å². The van der Waals surface area contributed by atoms with Gasteiger partial charge in [-0.15, -0.1) is 0 Å². The molecular weight excluding hydrogens is 508 g/mol. The Balaban J connectivity index is 1.09. The molecule has 6 nitrogen and oxygen atoms in total. The monoisotopic (exact) mass is 547 g/mol. The number of halogens is 2. The molecule has 8 heteroatoms.